The van der Waals surface area contributed by atoms with Crippen molar-refractivity contribution in [2.75, 3.05) is 24.7 Å². The maximum atomic E-state index is 9.40. The molecule has 1 atom stereocenters. The third kappa shape index (κ3) is 10.2. The topological polar surface area (TPSA) is 29.5 Å². The van der Waals surface area contributed by atoms with E-state index in [-0.39, 0.29) is 6.10 Å². The van der Waals surface area contributed by atoms with Crippen LogP contribution < -0.4 is 0 Å². The van der Waals surface area contributed by atoms with Crippen LogP contribution in [-0.2, 0) is 4.74 Å². The molecular weight excluding hydrogens is 184 g/mol. The maximum Gasteiger partial charge on any atom is 0.0863 e. The van der Waals surface area contributed by atoms with E-state index in [1.807, 2.05) is 18.7 Å². The molecule has 0 aliphatic rings. The summed E-state index contributed by atoms with van der Waals surface area (Å²) in [5.41, 5.74) is 0. The molecule has 0 aromatic carbocycles. The van der Waals surface area contributed by atoms with Crippen LogP contribution in [0.4, 0.5) is 0 Å². The molecule has 0 aliphatic carbocycles. The van der Waals surface area contributed by atoms with E-state index < -0.39 is 0 Å². The molecule has 0 aromatic rings. The number of hydrogen-bond acceptors (Lipinski definition) is 3. The maximum absolute atomic E-state index is 9.40. The highest BCUT2D eigenvalue weighted by Crippen LogP contribution is 2.09. The number of aliphatic hydroxyl groups excluding tert-OH is 1. The zero-order chi connectivity index (χ0) is 10.1. The fraction of sp³-hybridized carbons (Fsp3) is 1.00. The van der Waals surface area contributed by atoms with Crippen molar-refractivity contribution in [2.45, 2.75) is 33.3 Å². The van der Waals surface area contributed by atoms with Crippen LogP contribution in [0.25, 0.3) is 0 Å². The van der Waals surface area contributed by atoms with E-state index in [9.17, 15) is 5.11 Å². The van der Waals surface area contributed by atoms with E-state index in [0.29, 0.717) is 13.2 Å². The van der Waals surface area contributed by atoms with Crippen molar-refractivity contribution in [1.82, 2.24) is 0 Å². The second kappa shape index (κ2) is 8.85. The van der Waals surface area contributed by atoms with Gasteiger partial charge in [0, 0.05) is 12.4 Å². The van der Waals surface area contributed by atoms with Crippen LogP contribution in [0.2, 0.25) is 0 Å². The van der Waals surface area contributed by atoms with Crippen LogP contribution in [0.3, 0.4) is 0 Å². The van der Waals surface area contributed by atoms with Gasteiger partial charge in [-0.15, -0.1) is 0 Å². The summed E-state index contributed by atoms with van der Waals surface area (Å²) < 4.78 is 5.11. The third-order valence-electron chi connectivity index (χ3n) is 1.66. The predicted octanol–water partition coefficient (Wildman–Crippen LogP) is 2.16. The number of rotatable bonds is 8. The van der Waals surface area contributed by atoms with Gasteiger partial charge in [0.25, 0.3) is 0 Å². The summed E-state index contributed by atoms with van der Waals surface area (Å²) in [5.74, 6) is 2.70. The molecule has 1 unspecified atom stereocenters. The molecule has 3 heteroatoms. The lowest BCUT2D eigenvalue weighted by atomic mass is 10.2. The molecule has 2 nitrogen and oxygen atoms in total. The molecule has 80 valence electrons. The molecule has 0 aromatic heterocycles. The third-order valence-corrected chi connectivity index (χ3v) is 2.81. The van der Waals surface area contributed by atoms with Gasteiger partial charge in [-0.3, -0.25) is 0 Å². The number of thioether (sulfide) groups is 1. The zero-order valence-corrected chi connectivity index (χ0v) is 9.77. The summed E-state index contributed by atoms with van der Waals surface area (Å²) in [5, 5.41) is 9.40. The minimum Gasteiger partial charge on any atom is -0.390 e. The molecule has 0 spiro atoms. The zero-order valence-electron chi connectivity index (χ0n) is 8.95. The van der Waals surface area contributed by atoms with Gasteiger partial charge >= 0.3 is 0 Å². The molecule has 0 saturated carbocycles. The summed E-state index contributed by atoms with van der Waals surface area (Å²) in [6, 6.07) is 0. The summed E-state index contributed by atoms with van der Waals surface area (Å²) in [6.45, 7) is 7.55. The van der Waals surface area contributed by atoms with Crippen LogP contribution in [0, 0.1) is 5.92 Å². The van der Waals surface area contributed by atoms with Gasteiger partial charge in [0.1, 0.15) is 0 Å². The summed E-state index contributed by atoms with van der Waals surface area (Å²) in [6.07, 6.45) is 0.934. The summed E-state index contributed by atoms with van der Waals surface area (Å²) >= 11 is 1.81. The van der Waals surface area contributed by atoms with Crippen molar-refractivity contribution in [2.24, 2.45) is 5.92 Å². The summed E-state index contributed by atoms with van der Waals surface area (Å²) in [7, 11) is 0. The first-order chi connectivity index (χ1) is 6.16. The van der Waals surface area contributed by atoms with Gasteiger partial charge in [0.2, 0.25) is 0 Å². The Bertz CT molecular complexity index is 107. The average Bonchev–Trinajstić information content (AvgIpc) is 2.08. The second-order valence-electron chi connectivity index (χ2n) is 3.57. The Morgan fingerprint density at radius 2 is 2.08 bits per heavy atom. The molecule has 0 heterocycles. The van der Waals surface area contributed by atoms with Gasteiger partial charge in [-0.1, -0.05) is 13.8 Å². The highest BCUT2D eigenvalue weighted by molar-refractivity contribution is 7.99. The molecule has 1 N–H and O–H groups in total. The molecule has 0 aliphatic heterocycles. The molecule has 0 bridgehead atoms. The molecule has 13 heavy (non-hydrogen) atoms. The van der Waals surface area contributed by atoms with E-state index in [0.717, 1.165) is 17.4 Å². The molecular formula is C10H22O2S. The largest absolute Gasteiger partial charge is 0.390 e. The first-order valence-electron chi connectivity index (χ1n) is 5.00. The van der Waals surface area contributed by atoms with Crippen molar-refractivity contribution in [3.05, 3.63) is 0 Å². The van der Waals surface area contributed by atoms with Crippen LogP contribution in [0.15, 0.2) is 0 Å². The molecule has 0 amide bonds. The Labute approximate surface area is 86.1 Å². The molecule has 0 saturated heterocycles. The predicted molar refractivity (Wildman–Crippen MR) is 59.3 cm³/mol. The van der Waals surface area contributed by atoms with E-state index in [1.165, 1.54) is 6.42 Å². The molecule has 0 fully saturated rings. The van der Waals surface area contributed by atoms with Gasteiger partial charge in [-0.05, 0) is 25.0 Å². The van der Waals surface area contributed by atoms with Crippen LogP contribution in [0.1, 0.15) is 27.2 Å². The van der Waals surface area contributed by atoms with Gasteiger partial charge < -0.3 is 9.84 Å². The SMILES string of the molecule is CCOCC(O)CSCCC(C)C. The molecule has 0 radical (unpaired) electrons. The highest BCUT2D eigenvalue weighted by Gasteiger charge is 2.03. The van der Waals surface area contributed by atoms with Crippen molar-refractivity contribution < 1.29 is 9.84 Å². The van der Waals surface area contributed by atoms with Crippen molar-refractivity contribution in [3.8, 4) is 0 Å². The summed E-state index contributed by atoms with van der Waals surface area (Å²) in [4.78, 5) is 0. The quantitative estimate of drug-likeness (QED) is 0.617. The second-order valence-corrected chi connectivity index (χ2v) is 4.72. The smallest absolute Gasteiger partial charge is 0.0863 e. The Morgan fingerprint density at radius 1 is 1.38 bits per heavy atom. The normalized spacial score (nSPS) is 13.6. The minimum atomic E-state index is -0.294. The first-order valence-corrected chi connectivity index (χ1v) is 6.15. The van der Waals surface area contributed by atoms with E-state index in [4.69, 9.17) is 4.74 Å². The van der Waals surface area contributed by atoms with E-state index in [2.05, 4.69) is 13.8 Å². The van der Waals surface area contributed by atoms with Crippen molar-refractivity contribution >= 4 is 11.8 Å². The van der Waals surface area contributed by atoms with Crippen LogP contribution >= 0.6 is 11.8 Å². The minimum absolute atomic E-state index is 0.294. The van der Waals surface area contributed by atoms with E-state index in [1.54, 1.807) is 0 Å². The first kappa shape index (κ1) is 13.3. The monoisotopic (exact) mass is 206 g/mol. The van der Waals surface area contributed by atoms with Crippen molar-refractivity contribution in [1.29, 1.82) is 0 Å². The van der Waals surface area contributed by atoms with Gasteiger partial charge in [-0.2, -0.15) is 11.8 Å². The highest BCUT2D eigenvalue weighted by atomic mass is 32.2. The van der Waals surface area contributed by atoms with Gasteiger partial charge in [0.05, 0.1) is 12.7 Å². The Kier molecular flexibility index (Phi) is 9.03. The fourth-order valence-electron chi connectivity index (χ4n) is 0.840. The van der Waals surface area contributed by atoms with Gasteiger partial charge in [0.15, 0.2) is 0 Å². The van der Waals surface area contributed by atoms with Crippen molar-refractivity contribution in [3.63, 3.8) is 0 Å². The van der Waals surface area contributed by atoms with Crippen LogP contribution in [-0.4, -0.2) is 35.9 Å². The number of ether oxygens (including phenoxy) is 1. The number of aliphatic hydroxyl groups is 1. The van der Waals surface area contributed by atoms with Gasteiger partial charge in [-0.25, -0.2) is 0 Å². The molecule has 0 rings (SSSR count). The fourth-order valence-corrected chi connectivity index (χ4v) is 2.01. The Hall–Kier alpha value is 0.270. The lowest BCUT2D eigenvalue weighted by Crippen LogP contribution is -2.18. The van der Waals surface area contributed by atoms with E-state index >= 15 is 0 Å². The average molecular weight is 206 g/mol. The number of hydrogen-bond donors (Lipinski definition) is 1. The Morgan fingerprint density at radius 3 is 2.62 bits per heavy atom. The lowest BCUT2D eigenvalue weighted by molar-refractivity contribution is 0.0551. The Balaban J connectivity index is 3.12. The van der Waals surface area contributed by atoms with Crippen LogP contribution in [0.5, 0.6) is 0 Å². The lowest BCUT2D eigenvalue weighted by Gasteiger charge is -2.10. The standard InChI is InChI=1S/C10H22O2S/c1-4-12-7-10(11)8-13-6-5-9(2)3/h9-11H,4-8H2,1-3H3.